The van der Waals surface area contributed by atoms with Crippen molar-refractivity contribution in [3.63, 3.8) is 0 Å². The van der Waals surface area contributed by atoms with Gasteiger partial charge in [-0.2, -0.15) is 5.10 Å². The van der Waals surface area contributed by atoms with Crippen LogP contribution in [0.3, 0.4) is 0 Å². The minimum atomic E-state index is 0.763. The van der Waals surface area contributed by atoms with Gasteiger partial charge in [0.15, 0.2) is 5.65 Å². The van der Waals surface area contributed by atoms with Gasteiger partial charge >= 0.3 is 0 Å². The molecule has 2 heterocycles. The Hall–Kier alpha value is -1.69. The van der Waals surface area contributed by atoms with Crippen LogP contribution in [0.25, 0.3) is 11.0 Å². The quantitative estimate of drug-likeness (QED) is 0.838. The first kappa shape index (κ1) is 14.7. The predicted octanol–water partition coefficient (Wildman–Crippen LogP) is 2.03. The summed E-state index contributed by atoms with van der Waals surface area (Å²) in [4.78, 5) is 11.5. The van der Waals surface area contributed by atoms with E-state index in [1.807, 2.05) is 13.2 Å². The minimum absolute atomic E-state index is 0.763. The van der Waals surface area contributed by atoms with Gasteiger partial charge in [-0.3, -0.25) is 9.58 Å². The minimum Gasteiger partial charge on any atom is -0.370 e. The molecule has 2 rings (SSSR count). The number of aryl methyl sites for hydroxylation is 1. The van der Waals surface area contributed by atoms with Crippen molar-refractivity contribution < 1.29 is 0 Å². The van der Waals surface area contributed by atoms with E-state index in [4.69, 9.17) is 0 Å². The van der Waals surface area contributed by atoms with Crippen molar-refractivity contribution in [3.05, 3.63) is 12.0 Å². The zero-order valence-corrected chi connectivity index (χ0v) is 12.8. The smallest absolute Gasteiger partial charge is 0.163 e. The molecule has 0 aliphatic heterocycles. The Morgan fingerprint density at radius 3 is 2.80 bits per heavy atom. The second kappa shape index (κ2) is 6.65. The van der Waals surface area contributed by atoms with Gasteiger partial charge in [-0.05, 0) is 26.9 Å². The molecule has 0 aromatic carbocycles. The van der Waals surface area contributed by atoms with Gasteiger partial charge in [0.25, 0.3) is 0 Å². The molecule has 6 heteroatoms. The largest absolute Gasteiger partial charge is 0.370 e. The fourth-order valence-electron chi connectivity index (χ4n) is 2.19. The predicted molar refractivity (Wildman–Crippen MR) is 81.7 cm³/mol. The lowest BCUT2D eigenvalue weighted by molar-refractivity contribution is 0.313. The van der Waals surface area contributed by atoms with Gasteiger partial charge < -0.3 is 5.32 Å². The zero-order valence-electron chi connectivity index (χ0n) is 12.8. The molecule has 0 saturated heterocycles. The Labute approximate surface area is 120 Å². The van der Waals surface area contributed by atoms with Crippen LogP contribution in [0, 0.1) is 0 Å². The molecule has 110 valence electrons. The van der Waals surface area contributed by atoms with Gasteiger partial charge in [-0.15, -0.1) is 0 Å². The van der Waals surface area contributed by atoms with E-state index >= 15 is 0 Å². The van der Waals surface area contributed by atoms with Crippen LogP contribution in [0.4, 0.5) is 5.82 Å². The van der Waals surface area contributed by atoms with Crippen LogP contribution in [0.1, 0.15) is 32.5 Å². The number of unbranched alkanes of at least 4 members (excludes halogenated alkanes) is 1. The van der Waals surface area contributed by atoms with Crippen molar-refractivity contribution in [2.24, 2.45) is 7.05 Å². The summed E-state index contributed by atoms with van der Waals surface area (Å²) in [6.45, 7) is 6.94. The molecule has 2 aromatic heterocycles. The lowest BCUT2D eigenvalue weighted by Crippen LogP contribution is -2.21. The highest BCUT2D eigenvalue weighted by Gasteiger charge is 2.12. The Morgan fingerprint density at radius 1 is 1.30 bits per heavy atom. The van der Waals surface area contributed by atoms with Crippen molar-refractivity contribution in [3.8, 4) is 0 Å². The molecule has 0 radical (unpaired) electrons. The molecule has 2 aromatic rings. The van der Waals surface area contributed by atoms with Gasteiger partial charge in [-0.25, -0.2) is 9.97 Å². The number of nitrogens with one attached hydrogen (secondary N) is 1. The summed E-state index contributed by atoms with van der Waals surface area (Å²) < 4.78 is 1.80. The van der Waals surface area contributed by atoms with Crippen LogP contribution in [0.2, 0.25) is 0 Å². The van der Waals surface area contributed by atoms with Crippen LogP contribution in [-0.2, 0) is 13.6 Å². The fraction of sp³-hybridized carbons (Fsp3) is 0.643. The number of fused-ring (bicyclic) bond motifs is 1. The second-order valence-corrected chi connectivity index (χ2v) is 5.12. The molecular formula is C14H24N6. The Kier molecular flexibility index (Phi) is 4.89. The van der Waals surface area contributed by atoms with E-state index in [1.165, 1.54) is 12.8 Å². The molecule has 0 aliphatic rings. The monoisotopic (exact) mass is 276 g/mol. The Balaban J connectivity index is 2.26. The van der Waals surface area contributed by atoms with Crippen LogP contribution in [-0.4, -0.2) is 44.8 Å². The topological polar surface area (TPSA) is 58.9 Å². The molecule has 1 N–H and O–H groups in total. The summed E-state index contributed by atoms with van der Waals surface area (Å²) >= 11 is 0. The molecule has 0 amide bonds. The summed E-state index contributed by atoms with van der Waals surface area (Å²) in [6.07, 6.45) is 4.22. The van der Waals surface area contributed by atoms with Crippen LogP contribution in [0.5, 0.6) is 0 Å². The summed E-state index contributed by atoms with van der Waals surface area (Å²) in [6, 6.07) is 0. The van der Waals surface area contributed by atoms with Gasteiger partial charge in [0, 0.05) is 13.6 Å². The maximum atomic E-state index is 4.63. The number of anilines is 1. The van der Waals surface area contributed by atoms with Crippen molar-refractivity contribution in [1.82, 2.24) is 24.6 Å². The first-order valence-electron chi connectivity index (χ1n) is 7.26. The maximum absolute atomic E-state index is 4.63. The summed E-state index contributed by atoms with van der Waals surface area (Å²) in [5.41, 5.74) is 0.884. The number of nitrogens with zero attached hydrogens (tertiary/aromatic N) is 5. The molecule has 0 spiro atoms. The van der Waals surface area contributed by atoms with Crippen molar-refractivity contribution in [2.75, 3.05) is 25.5 Å². The van der Waals surface area contributed by atoms with E-state index in [2.05, 4.69) is 46.2 Å². The number of aromatic nitrogens is 4. The lowest BCUT2D eigenvalue weighted by atomic mass is 10.3. The SMILES string of the molecule is CCCCN(C)Cc1nc(NCC)c2cnn(C)c2n1. The number of rotatable bonds is 7. The van der Waals surface area contributed by atoms with Crippen molar-refractivity contribution in [1.29, 1.82) is 0 Å². The highest BCUT2D eigenvalue weighted by atomic mass is 15.3. The maximum Gasteiger partial charge on any atom is 0.163 e. The first-order chi connectivity index (χ1) is 9.65. The van der Waals surface area contributed by atoms with Crippen molar-refractivity contribution in [2.45, 2.75) is 33.2 Å². The van der Waals surface area contributed by atoms with E-state index < -0.39 is 0 Å². The van der Waals surface area contributed by atoms with Gasteiger partial charge in [-0.1, -0.05) is 13.3 Å². The van der Waals surface area contributed by atoms with Crippen LogP contribution >= 0.6 is 0 Å². The van der Waals surface area contributed by atoms with Crippen LogP contribution in [0.15, 0.2) is 6.20 Å². The van der Waals surface area contributed by atoms with Gasteiger partial charge in [0.05, 0.1) is 18.1 Å². The summed E-state index contributed by atoms with van der Waals surface area (Å²) in [5, 5.41) is 8.55. The molecule has 6 nitrogen and oxygen atoms in total. The molecule has 20 heavy (non-hydrogen) atoms. The molecular weight excluding hydrogens is 252 g/mol. The molecule has 0 bridgehead atoms. The molecule has 0 unspecified atom stereocenters. The third-order valence-electron chi connectivity index (χ3n) is 3.29. The highest BCUT2D eigenvalue weighted by Crippen LogP contribution is 2.19. The van der Waals surface area contributed by atoms with Gasteiger partial charge in [0.1, 0.15) is 11.6 Å². The molecule has 0 aliphatic carbocycles. The van der Waals surface area contributed by atoms with E-state index in [0.29, 0.717) is 0 Å². The van der Waals surface area contributed by atoms with Crippen LogP contribution < -0.4 is 5.32 Å². The Bertz CT molecular complexity index is 562. The molecule has 0 fully saturated rings. The standard InChI is InChI=1S/C14H24N6/c1-5-7-8-19(3)10-12-17-13(15-6-2)11-9-16-20(4)14(11)18-12/h9H,5-8,10H2,1-4H3,(H,15,17,18). The van der Waals surface area contributed by atoms with E-state index in [9.17, 15) is 0 Å². The Morgan fingerprint density at radius 2 is 2.10 bits per heavy atom. The summed E-state index contributed by atoms with van der Waals surface area (Å²) in [7, 11) is 4.02. The molecule has 0 saturated carbocycles. The summed E-state index contributed by atoms with van der Waals surface area (Å²) in [5.74, 6) is 1.72. The third-order valence-corrected chi connectivity index (χ3v) is 3.29. The van der Waals surface area contributed by atoms with Gasteiger partial charge in [0.2, 0.25) is 0 Å². The lowest BCUT2D eigenvalue weighted by Gasteiger charge is -2.15. The number of hydrogen-bond acceptors (Lipinski definition) is 5. The zero-order chi connectivity index (χ0) is 14.5. The third kappa shape index (κ3) is 3.25. The second-order valence-electron chi connectivity index (χ2n) is 5.12. The van der Waals surface area contributed by atoms with E-state index in [-0.39, 0.29) is 0 Å². The fourth-order valence-corrected chi connectivity index (χ4v) is 2.19. The van der Waals surface area contributed by atoms with Crippen molar-refractivity contribution >= 4 is 16.9 Å². The first-order valence-corrected chi connectivity index (χ1v) is 7.26. The van der Waals surface area contributed by atoms with E-state index in [1.54, 1.807) is 4.68 Å². The highest BCUT2D eigenvalue weighted by molar-refractivity contribution is 5.86. The van der Waals surface area contributed by atoms with E-state index in [0.717, 1.165) is 42.3 Å². The molecule has 0 atom stereocenters. The average molecular weight is 276 g/mol. The average Bonchev–Trinajstić information content (AvgIpc) is 2.79. The normalized spacial score (nSPS) is 11.4. The number of hydrogen-bond donors (Lipinski definition) is 1.